The molecule has 0 radical (unpaired) electrons. The quantitative estimate of drug-likeness (QED) is 0.370. The highest BCUT2D eigenvalue weighted by Crippen LogP contribution is 2.24. The van der Waals surface area contributed by atoms with E-state index in [4.69, 9.17) is 5.84 Å². The van der Waals surface area contributed by atoms with Crippen molar-refractivity contribution in [2.75, 3.05) is 24.3 Å². The van der Waals surface area contributed by atoms with Gasteiger partial charge in [0.25, 0.3) is 0 Å². The highest BCUT2D eigenvalue weighted by Gasteiger charge is 2.31. The lowest BCUT2D eigenvalue weighted by Crippen LogP contribution is -2.31. The van der Waals surface area contributed by atoms with Crippen molar-refractivity contribution >= 4 is 23.4 Å². The van der Waals surface area contributed by atoms with Crippen LogP contribution >= 0.6 is 0 Å². The molecule has 19 heavy (non-hydrogen) atoms. The fourth-order valence-corrected chi connectivity index (χ4v) is 1.81. The maximum atomic E-state index is 11.8. The molecule has 4 N–H and O–H groups in total. The standard InChI is InChI=1S/C9H13N7O3/c1-15-3-2-5(8(15)17)12-7-6(16(18)19)4-11-9(13-7)14-10/h4-5H,2-3,10H2,1H3,(H2,11,12,13,14). The first-order valence-corrected chi connectivity index (χ1v) is 5.52. The van der Waals surface area contributed by atoms with E-state index < -0.39 is 11.0 Å². The number of nitrogens with zero attached hydrogens (tertiary/aromatic N) is 4. The largest absolute Gasteiger partial charge is 0.352 e. The van der Waals surface area contributed by atoms with Gasteiger partial charge in [0.2, 0.25) is 17.7 Å². The number of hydrogen-bond donors (Lipinski definition) is 3. The minimum Gasteiger partial charge on any atom is -0.352 e. The third-order valence-corrected chi connectivity index (χ3v) is 2.83. The molecule has 0 aliphatic carbocycles. The highest BCUT2D eigenvalue weighted by molar-refractivity contribution is 5.86. The van der Waals surface area contributed by atoms with Gasteiger partial charge in [-0.1, -0.05) is 0 Å². The summed E-state index contributed by atoms with van der Waals surface area (Å²) in [5.74, 6) is 5.03. The van der Waals surface area contributed by atoms with Crippen molar-refractivity contribution in [1.29, 1.82) is 0 Å². The minimum absolute atomic E-state index is 0.0263. The molecule has 2 heterocycles. The molecule has 102 valence electrons. The van der Waals surface area contributed by atoms with Crippen LogP contribution in [0.5, 0.6) is 0 Å². The molecule has 1 aromatic heterocycles. The Bertz CT molecular complexity index is 521. The van der Waals surface area contributed by atoms with E-state index in [-0.39, 0.29) is 23.4 Å². The van der Waals surface area contributed by atoms with Crippen LogP contribution in [0.4, 0.5) is 17.5 Å². The Hall–Kier alpha value is -2.49. The van der Waals surface area contributed by atoms with Crippen molar-refractivity contribution in [3.05, 3.63) is 16.3 Å². The van der Waals surface area contributed by atoms with Gasteiger partial charge < -0.3 is 10.2 Å². The molecule has 1 aliphatic rings. The summed E-state index contributed by atoms with van der Waals surface area (Å²) in [5, 5.41) is 13.6. The number of amides is 1. The van der Waals surface area contributed by atoms with E-state index in [0.29, 0.717) is 13.0 Å². The van der Waals surface area contributed by atoms with E-state index in [1.807, 2.05) is 0 Å². The maximum Gasteiger partial charge on any atom is 0.329 e. The molecule has 0 spiro atoms. The van der Waals surface area contributed by atoms with E-state index in [1.54, 1.807) is 11.9 Å². The lowest BCUT2D eigenvalue weighted by molar-refractivity contribution is -0.384. The summed E-state index contributed by atoms with van der Waals surface area (Å²) in [7, 11) is 1.67. The Kier molecular flexibility index (Phi) is 3.42. The highest BCUT2D eigenvalue weighted by atomic mass is 16.6. The Labute approximate surface area is 108 Å². The fourth-order valence-electron chi connectivity index (χ4n) is 1.81. The van der Waals surface area contributed by atoms with E-state index in [0.717, 1.165) is 6.20 Å². The number of aromatic nitrogens is 2. The topological polar surface area (TPSA) is 139 Å². The van der Waals surface area contributed by atoms with E-state index in [1.165, 1.54) is 0 Å². The Morgan fingerprint density at radius 2 is 2.37 bits per heavy atom. The number of hydrazine groups is 1. The summed E-state index contributed by atoms with van der Waals surface area (Å²) in [6, 6.07) is -0.524. The van der Waals surface area contributed by atoms with Crippen LogP contribution in [0.1, 0.15) is 6.42 Å². The summed E-state index contributed by atoms with van der Waals surface area (Å²) >= 11 is 0. The number of carbonyl (C=O) groups is 1. The van der Waals surface area contributed by atoms with Gasteiger partial charge in [-0.2, -0.15) is 4.98 Å². The molecule has 1 amide bonds. The molecule has 10 nitrogen and oxygen atoms in total. The average Bonchev–Trinajstić information content (AvgIpc) is 2.70. The van der Waals surface area contributed by atoms with E-state index >= 15 is 0 Å². The van der Waals surface area contributed by atoms with Crippen LogP contribution in [0.3, 0.4) is 0 Å². The van der Waals surface area contributed by atoms with Gasteiger partial charge in [0, 0.05) is 13.6 Å². The van der Waals surface area contributed by atoms with Crippen LogP contribution in [-0.2, 0) is 4.79 Å². The van der Waals surface area contributed by atoms with Gasteiger partial charge >= 0.3 is 5.69 Å². The zero-order valence-electron chi connectivity index (χ0n) is 10.2. The molecule has 1 fully saturated rings. The second-order valence-electron chi connectivity index (χ2n) is 4.07. The molecule has 1 unspecified atom stereocenters. The summed E-state index contributed by atoms with van der Waals surface area (Å²) in [6.45, 7) is 0.595. The zero-order valence-corrected chi connectivity index (χ0v) is 10.2. The first-order chi connectivity index (χ1) is 9.02. The van der Waals surface area contributed by atoms with Gasteiger partial charge in [-0.3, -0.25) is 20.3 Å². The number of nitrogens with one attached hydrogen (secondary N) is 2. The lowest BCUT2D eigenvalue weighted by Gasteiger charge is -2.13. The number of carbonyl (C=O) groups excluding carboxylic acids is 1. The zero-order chi connectivity index (χ0) is 14.0. The van der Waals surface area contributed by atoms with Gasteiger partial charge in [-0.25, -0.2) is 10.8 Å². The monoisotopic (exact) mass is 267 g/mol. The molecule has 0 saturated carbocycles. The predicted molar refractivity (Wildman–Crippen MR) is 66.2 cm³/mol. The van der Waals surface area contributed by atoms with E-state index in [2.05, 4.69) is 20.7 Å². The first kappa shape index (κ1) is 13.0. The van der Waals surface area contributed by atoms with Gasteiger partial charge in [0.1, 0.15) is 12.2 Å². The molecule has 1 aromatic rings. The predicted octanol–water partition coefficient (Wildman–Crippen LogP) is -0.687. The number of likely N-dealkylation sites (tertiary alicyclic amines) is 1. The van der Waals surface area contributed by atoms with Crippen LogP contribution in [-0.4, -0.2) is 45.3 Å². The third-order valence-electron chi connectivity index (χ3n) is 2.83. The number of hydrogen-bond acceptors (Lipinski definition) is 8. The van der Waals surface area contributed by atoms with Crippen molar-refractivity contribution in [2.24, 2.45) is 5.84 Å². The van der Waals surface area contributed by atoms with Crippen LogP contribution in [0.15, 0.2) is 6.20 Å². The number of nitro groups is 1. The number of rotatable bonds is 4. The maximum absolute atomic E-state index is 11.8. The second kappa shape index (κ2) is 5.02. The van der Waals surface area contributed by atoms with Crippen molar-refractivity contribution < 1.29 is 9.72 Å². The molecular weight excluding hydrogens is 254 g/mol. The van der Waals surface area contributed by atoms with Gasteiger partial charge in [0.05, 0.1) is 4.92 Å². The van der Waals surface area contributed by atoms with Crippen LogP contribution < -0.4 is 16.6 Å². The third kappa shape index (κ3) is 2.52. The summed E-state index contributed by atoms with van der Waals surface area (Å²) in [6.07, 6.45) is 1.59. The van der Waals surface area contributed by atoms with Crippen LogP contribution in [0, 0.1) is 10.1 Å². The lowest BCUT2D eigenvalue weighted by atomic mass is 10.2. The minimum atomic E-state index is -0.619. The molecular formula is C9H13N7O3. The first-order valence-electron chi connectivity index (χ1n) is 5.52. The molecule has 10 heteroatoms. The van der Waals surface area contributed by atoms with Crippen LogP contribution in [0.2, 0.25) is 0 Å². The van der Waals surface area contributed by atoms with Gasteiger partial charge in [-0.15, -0.1) is 0 Å². The van der Waals surface area contributed by atoms with E-state index in [9.17, 15) is 14.9 Å². The Balaban J connectivity index is 2.27. The number of likely N-dealkylation sites (N-methyl/N-ethyl adjacent to an activating group) is 1. The normalized spacial score (nSPS) is 18.5. The average molecular weight is 267 g/mol. The van der Waals surface area contributed by atoms with Crippen molar-refractivity contribution in [3.63, 3.8) is 0 Å². The summed E-state index contributed by atoms with van der Waals surface area (Å²) in [4.78, 5) is 31.1. The SMILES string of the molecule is CN1CCC(Nc2nc(NN)ncc2[N+](=O)[O-])C1=O. The Morgan fingerprint density at radius 3 is 2.89 bits per heavy atom. The molecule has 1 saturated heterocycles. The molecule has 1 aliphatic heterocycles. The van der Waals surface area contributed by atoms with Crippen molar-refractivity contribution in [1.82, 2.24) is 14.9 Å². The Morgan fingerprint density at radius 1 is 1.63 bits per heavy atom. The van der Waals surface area contributed by atoms with Gasteiger partial charge in [-0.05, 0) is 6.42 Å². The van der Waals surface area contributed by atoms with Gasteiger partial charge in [0.15, 0.2) is 0 Å². The summed E-state index contributed by atoms with van der Waals surface area (Å²) < 4.78 is 0. The van der Waals surface area contributed by atoms with Crippen LogP contribution in [0.25, 0.3) is 0 Å². The molecule has 0 bridgehead atoms. The number of nitrogens with two attached hydrogens (primary N) is 1. The number of nitrogen functional groups attached to an aromatic ring is 1. The molecule has 0 aromatic carbocycles. The smallest absolute Gasteiger partial charge is 0.329 e. The molecule has 2 rings (SSSR count). The second-order valence-corrected chi connectivity index (χ2v) is 4.07. The van der Waals surface area contributed by atoms with Crippen molar-refractivity contribution in [2.45, 2.75) is 12.5 Å². The fraction of sp³-hybridized carbons (Fsp3) is 0.444. The number of anilines is 2. The van der Waals surface area contributed by atoms with Crippen molar-refractivity contribution in [3.8, 4) is 0 Å². The summed E-state index contributed by atoms with van der Waals surface area (Å²) in [5.41, 5.74) is 1.89. The molecule has 1 atom stereocenters.